The highest BCUT2D eigenvalue weighted by Gasteiger charge is 2.37. The highest BCUT2D eigenvalue weighted by atomic mass is 35.5. The number of hydrogen-bond acceptors (Lipinski definition) is 8. The summed E-state index contributed by atoms with van der Waals surface area (Å²) in [6.07, 6.45) is -1.25. The number of esters is 1. The molecule has 0 bridgehead atoms. The van der Waals surface area contributed by atoms with Gasteiger partial charge in [0.05, 0.1) is 33.6 Å². The molecule has 1 aliphatic heterocycles. The Balaban J connectivity index is 1.45. The second-order valence-corrected chi connectivity index (χ2v) is 16.0. The van der Waals surface area contributed by atoms with Gasteiger partial charge in [-0.05, 0) is 103 Å². The van der Waals surface area contributed by atoms with E-state index in [-0.39, 0.29) is 18.6 Å². The molecule has 49 heavy (non-hydrogen) atoms. The van der Waals surface area contributed by atoms with Gasteiger partial charge in [0, 0.05) is 53.2 Å². The Morgan fingerprint density at radius 1 is 1.00 bits per heavy atom. The van der Waals surface area contributed by atoms with Gasteiger partial charge in [-0.1, -0.05) is 23.7 Å². The zero-order chi connectivity index (χ0) is 35.4. The third kappa shape index (κ3) is 7.18. The quantitative estimate of drug-likeness (QED) is 0.156. The van der Waals surface area contributed by atoms with Gasteiger partial charge in [0.1, 0.15) is 10.6 Å². The maximum Gasteiger partial charge on any atom is 0.410 e. The van der Waals surface area contributed by atoms with Crippen molar-refractivity contribution in [1.82, 2.24) is 19.7 Å². The maximum absolute atomic E-state index is 13.5. The van der Waals surface area contributed by atoms with Gasteiger partial charge in [-0.2, -0.15) is 5.10 Å². The van der Waals surface area contributed by atoms with E-state index >= 15 is 0 Å². The van der Waals surface area contributed by atoms with E-state index in [4.69, 9.17) is 35.9 Å². The molecule has 3 heterocycles. The van der Waals surface area contributed by atoms with Crippen LogP contribution in [0.25, 0.3) is 42.8 Å². The summed E-state index contributed by atoms with van der Waals surface area (Å²) in [4.78, 5) is 33.0. The number of fused-ring (bicyclic) bond motifs is 2. The Kier molecular flexibility index (Phi) is 9.28. The smallest absolute Gasteiger partial charge is 0.410 e. The molecule has 0 N–H and O–H groups in total. The van der Waals surface area contributed by atoms with Crippen LogP contribution < -0.4 is 0 Å². The van der Waals surface area contributed by atoms with Crippen molar-refractivity contribution in [3.05, 3.63) is 70.4 Å². The standard InChI is InChI=1S/C38H43ClN4O5S/c1-10-46-35(44)32(47-37(3,4)5)29-21(2)17-27-33(30(29)22-11-14-25(39)15-12-22)49-34(40-27)23-13-16-28-26(18-23)31(41-42(28)9)24-19-43(20-24)36(45)48-38(6,7)8/h11-18,24,32H,10,19-20H2,1-9H3/t32-/m0/s1. The Hall–Kier alpha value is -3.99. The van der Waals surface area contributed by atoms with Crippen molar-refractivity contribution in [3.63, 3.8) is 0 Å². The molecule has 11 heteroatoms. The summed E-state index contributed by atoms with van der Waals surface area (Å²) in [6.45, 7) is 16.5. The first-order chi connectivity index (χ1) is 23.0. The molecule has 2 aromatic heterocycles. The summed E-state index contributed by atoms with van der Waals surface area (Å²) < 4.78 is 20.4. The molecule has 0 radical (unpaired) electrons. The van der Waals surface area contributed by atoms with Crippen LogP contribution in [0.2, 0.25) is 5.02 Å². The molecule has 6 rings (SSSR count). The van der Waals surface area contributed by atoms with Crippen LogP contribution in [0.15, 0.2) is 48.5 Å². The van der Waals surface area contributed by atoms with E-state index in [0.29, 0.717) is 18.1 Å². The number of rotatable bonds is 7. The molecule has 1 atom stereocenters. The summed E-state index contributed by atoms with van der Waals surface area (Å²) in [7, 11) is 1.94. The van der Waals surface area contributed by atoms with Gasteiger partial charge < -0.3 is 19.1 Å². The van der Waals surface area contributed by atoms with Crippen LogP contribution >= 0.6 is 22.9 Å². The number of ether oxygens (including phenoxy) is 3. The lowest BCUT2D eigenvalue weighted by molar-refractivity contribution is -0.166. The van der Waals surface area contributed by atoms with Crippen LogP contribution in [-0.2, 0) is 26.1 Å². The zero-order valence-corrected chi connectivity index (χ0v) is 31.1. The Morgan fingerprint density at radius 3 is 2.31 bits per heavy atom. The third-order valence-electron chi connectivity index (χ3n) is 8.34. The highest BCUT2D eigenvalue weighted by Crippen LogP contribution is 2.45. The monoisotopic (exact) mass is 702 g/mol. The fourth-order valence-electron chi connectivity index (χ4n) is 6.23. The lowest BCUT2D eigenvalue weighted by Crippen LogP contribution is -2.50. The minimum Gasteiger partial charge on any atom is -0.464 e. The van der Waals surface area contributed by atoms with Crippen LogP contribution in [0.5, 0.6) is 0 Å². The van der Waals surface area contributed by atoms with Gasteiger partial charge in [-0.25, -0.2) is 14.6 Å². The van der Waals surface area contributed by atoms with Crippen molar-refractivity contribution in [1.29, 1.82) is 0 Å². The molecule has 0 aliphatic carbocycles. The Labute approximate surface area is 296 Å². The van der Waals surface area contributed by atoms with Gasteiger partial charge in [-0.15, -0.1) is 11.3 Å². The van der Waals surface area contributed by atoms with Gasteiger partial charge in [0.15, 0.2) is 6.10 Å². The summed E-state index contributed by atoms with van der Waals surface area (Å²) in [6, 6.07) is 15.9. The van der Waals surface area contributed by atoms with Gasteiger partial charge in [-0.3, -0.25) is 4.68 Å². The number of carbonyl (C=O) groups is 2. The number of aromatic nitrogens is 3. The molecule has 1 amide bonds. The molecule has 5 aromatic rings. The maximum atomic E-state index is 13.5. The minimum absolute atomic E-state index is 0.103. The normalized spacial score (nSPS) is 14.7. The fraction of sp³-hybridized carbons (Fsp3) is 0.421. The summed E-state index contributed by atoms with van der Waals surface area (Å²) >= 11 is 7.89. The Bertz CT molecular complexity index is 2050. The average Bonchev–Trinajstić information content (AvgIpc) is 3.54. The second-order valence-electron chi connectivity index (χ2n) is 14.5. The number of nitrogens with zero attached hydrogens (tertiary/aromatic N) is 4. The molecule has 1 saturated heterocycles. The van der Waals surface area contributed by atoms with Crippen LogP contribution in [0.4, 0.5) is 4.79 Å². The fourth-order valence-corrected chi connectivity index (χ4v) is 7.47. The van der Waals surface area contributed by atoms with Crippen molar-refractivity contribution in [2.45, 2.75) is 78.6 Å². The minimum atomic E-state index is -0.947. The molecular formula is C38H43ClN4O5S. The van der Waals surface area contributed by atoms with Crippen LogP contribution in [0.3, 0.4) is 0 Å². The number of halogens is 1. The van der Waals surface area contributed by atoms with Crippen molar-refractivity contribution in [2.75, 3.05) is 19.7 Å². The number of carbonyl (C=O) groups excluding carboxylic acids is 2. The number of likely N-dealkylation sites (tertiary alicyclic amines) is 1. The second kappa shape index (κ2) is 13.0. The molecule has 1 aliphatic rings. The predicted octanol–water partition coefficient (Wildman–Crippen LogP) is 9.23. The molecule has 1 fully saturated rings. The van der Waals surface area contributed by atoms with E-state index in [2.05, 4.69) is 18.2 Å². The highest BCUT2D eigenvalue weighted by molar-refractivity contribution is 7.22. The van der Waals surface area contributed by atoms with Crippen LogP contribution in [0, 0.1) is 6.92 Å². The summed E-state index contributed by atoms with van der Waals surface area (Å²) in [5.74, 6) is -0.332. The largest absolute Gasteiger partial charge is 0.464 e. The lowest BCUT2D eigenvalue weighted by atomic mass is 9.91. The number of aryl methyl sites for hydroxylation is 2. The van der Waals surface area contributed by atoms with Gasteiger partial charge in [0.25, 0.3) is 0 Å². The lowest BCUT2D eigenvalue weighted by Gasteiger charge is -2.39. The molecule has 3 aromatic carbocycles. The summed E-state index contributed by atoms with van der Waals surface area (Å²) in [5.41, 5.74) is 5.99. The number of thiazole rings is 1. The van der Waals surface area contributed by atoms with E-state index in [0.717, 1.165) is 59.6 Å². The first-order valence-corrected chi connectivity index (χ1v) is 17.7. The Morgan fingerprint density at radius 2 is 1.67 bits per heavy atom. The van der Waals surface area contributed by atoms with Crippen LogP contribution in [-0.4, -0.2) is 62.6 Å². The van der Waals surface area contributed by atoms with Crippen molar-refractivity contribution >= 4 is 56.1 Å². The average molecular weight is 703 g/mol. The van der Waals surface area contributed by atoms with E-state index < -0.39 is 23.3 Å². The molecule has 258 valence electrons. The zero-order valence-electron chi connectivity index (χ0n) is 29.5. The van der Waals surface area contributed by atoms with Gasteiger partial charge in [0.2, 0.25) is 0 Å². The van der Waals surface area contributed by atoms with Crippen LogP contribution in [0.1, 0.15) is 77.3 Å². The van der Waals surface area contributed by atoms with Gasteiger partial charge >= 0.3 is 12.1 Å². The number of amides is 1. The number of hydrogen-bond donors (Lipinski definition) is 0. The van der Waals surface area contributed by atoms with Crippen molar-refractivity contribution in [3.8, 4) is 21.7 Å². The predicted molar refractivity (Wildman–Crippen MR) is 195 cm³/mol. The van der Waals surface area contributed by atoms with Crippen molar-refractivity contribution < 1.29 is 23.8 Å². The van der Waals surface area contributed by atoms with E-state index in [1.165, 1.54) is 0 Å². The first kappa shape index (κ1) is 34.9. The molecule has 9 nitrogen and oxygen atoms in total. The molecule has 0 spiro atoms. The summed E-state index contributed by atoms with van der Waals surface area (Å²) in [5, 5.41) is 7.36. The van der Waals surface area contributed by atoms with E-state index in [1.807, 2.05) is 90.5 Å². The third-order valence-corrected chi connectivity index (χ3v) is 9.73. The van der Waals surface area contributed by atoms with Crippen molar-refractivity contribution in [2.24, 2.45) is 7.05 Å². The molecule has 0 saturated carbocycles. The molecule has 0 unspecified atom stereocenters. The number of benzene rings is 3. The topological polar surface area (TPSA) is 95.8 Å². The first-order valence-electron chi connectivity index (χ1n) is 16.5. The van der Waals surface area contributed by atoms with E-state index in [1.54, 1.807) is 23.2 Å². The SMILES string of the molecule is CCOC(=O)[C@@H](OC(C)(C)C)c1c(C)cc2nc(-c3ccc4c(c3)c(C3CN(C(=O)OC(C)(C)C)C3)nn4C)sc2c1-c1ccc(Cl)cc1. The van der Waals surface area contributed by atoms with E-state index in [9.17, 15) is 9.59 Å². The molecular weight excluding hydrogens is 660 g/mol.